The molecule has 1 aromatic carbocycles. The van der Waals surface area contributed by atoms with Crippen molar-refractivity contribution in [1.82, 2.24) is 0 Å². The molecular formula is C10H12O4. The first kappa shape index (κ1) is 10.4. The van der Waals surface area contributed by atoms with Gasteiger partial charge in [-0.15, -0.1) is 0 Å². The monoisotopic (exact) mass is 196 g/mol. The van der Waals surface area contributed by atoms with E-state index in [9.17, 15) is 9.90 Å². The largest absolute Gasteiger partial charge is 0.504 e. The van der Waals surface area contributed by atoms with Crippen molar-refractivity contribution in [2.75, 3.05) is 0 Å². The predicted octanol–water partition coefficient (Wildman–Crippen LogP) is 1.59. The average molecular weight is 196 g/mol. The normalized spacial score (nSPS) is 12.4. The number of hydrogen-bond donors (Lipinski definition) is 3. The molecule has 0 saturated carbocycles. The molecule has 0 radical (unpaired) electrons. The van der Waals surface area contributed by atoms with Crippen LogP contribution in [0.15, 0.2) is 12.1 Å². The van der Waals surface area contributed by atoms with E-state index in [0.717, 1.165) is 0 Å². The summed E-state index contributed by atoms with van der Waals surface area (Å²) in [6.07, 6.45) is 0. The molecular weight excluding hydrogens is 184 g/mol. The van der Waals surface area contributed by atoms with Gasteiger partial charge in [-0.3, -0.25) is 4.79 Å². The van der Waals surface area contributed by atoms with Gasteiger partial charge in [0.2, 0.25) is 0 Å². The molecule has 0 fully saturated rings. The van der Waals surface area contributed by atoms with Crippen molar-refractivity contribution in [3.8, 4) is 11.5 Å². The van der Waals surface area contributed by atoms with Crippen LogP contribution in [0.2, 0.25) is 0 Å². The summed E-state index contributed by atoms with van der Waals surface area (Å²) in [7, 11) is 0. The van der Waals surface area contributed by atoms with Crippen LogP contribution in [0, 0.1) is 6.92 Å². The van der Waals surface area contributed by atoms with E-state index in [1.54, 1.807) is 6.92 Å². The summed E-state index contributed by atoms with van der Waals surface area (Å²) in [5.74, 6) is -2.14. The Kier molecular flexibility index (Phi) is 2.65. The highest BCUT2D eigenvalue weighted by atomic mass is 16.4. The quantitative estimate of drug-likeness (QED) is 0.628. The molecule has 0 aliphatic rings. The highest BCUT2D eigenvalue weighted by Crippen LogP contribution is 2.33. The van der Waals surface area contributed by atoms with Crippen molar-refractivity contribution in [3.05, 3.63) is 23.3 Å². The molecule has 0 aromatic heterocycles. The van der Waals surface area contributed by atoms with Gasteiger partial charge in [-0.05, 0) is 31.0 Å². The number of carbonyl (C=O) groups is 1. The number of carboxylic acid groups (broad SMARTS) is 1. The average Bonchev–Trinajstić information content (AvgIpc) is 2.13. The zero-order valence-electron chi connectivity index (χ0n) is 7.98. The number of aromatic hydroxyl groups is 2. The molecule has 1 aromatic rings. The predicted molar refractivity (Wildman–Crippen MR) is 50.6 cm³/mol. The summed E-state index contributed by atoms with van der Waals surface area (Å²) in [4.78, 5) is 10.7. The lowest BCUT2D eigenvalue weighted by molar-refractivity contribution is -0.138. The summed E-state index contributed by atoms with van der Waals surface area (Å²) in [5.41, 5.74) is 0.910. The molecule has 4 heteroatoms. The van der Waals surface area contributed by atoms with Gasteiger partial charge in [0, 0.05) is 0 Å². The third-order valence-corrected chi connectivity index (χ3v) is 2.29. The molecule has 0 spiro atoms. The molecule has 0 heterocycles. The second-order valence-corrected chi connectivity index (χ2v) is 3.21. The molecule has 1 atom stereocenters. The van der Waals surface area contributed by atoms with E-state index in [1.807, 2.05) is 0 Å². The Labute approximate surface area is 81.4 Å². The smallest absolute Gasteiger partial charge is 0.310 e. The molecule has 3 N–H and O–H groups in total. The molecule has 0 aliphatic carbocycles. The molecule has 4 nitrogen and oxygen atoms in total. The summed E-state index contributed by atoms with van der Waals surface area (Å²) in [6.45, 7) is 3.10. The minimum atomic E-state index is -0.960. The van der Waals surface area contributed by atoms with Crippen LogP contribution >= 0.6 is 0 Å². The van der Waals surface area contributed by atoms with Gasteiger partial charge in [0.25, 0.3) is 0 Å². The first-order chi connectivity index (χ1) is 6.45. The van der Waals surface area contributed by atoms with E-state index in [4.69, 9.17) is 10.2 Å². The number of phenols is 2. The number of carboxylic acids is 1. The molecule has 0 bridgehead atoms. The van der Waals surface area contributed by atoms with E-state index < -0.39 is 11.9 Å². The van der Waals surface area contributed by atoms with Crippen molar-refractivity contribution in [2.45, 2.75) is 19.8 Å². The Hall–Kier alpha value is -1.71. The van der Waals surface area contributed by atoms with Crippen LogP contribution in [0.3, 0.4) is 0 Å². The van der Waals surface area contributed by atoms with E-state index in [1.165, 1.54) is 19.1 Å². The maximum atomic E-state index is 10.7. The Morgan fingerprint density at radius 3 is 2.43 bits per heavy atom. The van der Waals surface area contributed by atoms with Gasteiger partial charge >= 0.3 is 5.97 Å². The SMILES string of the molecule is Cc1c(C(C)C(=O)O)ccc(O)c1O. The molecule has 1 rings (SSSR count). The van der Waals surface area contributed by atoms with Gasteiger partial charge < -0.3 is 15.3 Å². The maximum absolute atomic E-state index is 10.7. The summed E-state index contributed by atoms with van der Waals surface area (Å²) >= 11 is 0. The van der Waals surface area contributed by atoms with Crippen molar-refractivity contribution >= 4 is 5.97 Å². The van der Waals surface area contributed by atoms with Gasteiger partial charge in [0.1, 0.15) is 0 Å². The maximum Gasteiger partial charge on any atom is 0.310 e. The first-order valence-corrected chi connectivity index (χ1v) is 4.19. The summed E-state index contributed by atoms with van der Waals surface area (Å²) in [5, 5.41) is 27.3. The molecule has 14 heavy (non-hydrogen) atoms. The zero-order valence-corrected chi connectivity index (χ0v) is 7.98. The number of aliphatic carboxylic acids is 1. The van der Waals surface area contributed by atoms with Gasteiger partial charge in [-0.25, -0.2) is 0 Å². The second-order valence-electron chi connectivity index (χ2n) is 3.21. The molecule has 76 valence electrons. The second kappa shape index (κ2) is 3.57. The van der Waals surface area contributed by atoms with Gasteiger partial charge in [0.15, 0.2) is 11.5 Å². The lowest BCUT2D eigenvalue weighted by Crippen LogP contribution is -2.08. The van der Waals surface area contributed by atoms with E-state index in [0.29, 0.717) is 11.1 Å². The Morgan fingerprint density at radius 1 is 1.36 bits per heavy atom. The fourth-order valence-corrected chi connectivity index (χ4v) is 1.30. The van der Waals surface area contributed by atoms with Crippen molar-refractivity contribution in [2.24, 2.45) is 0 Å². The van der Waals surface area contributed by atoms with Gasteiger partial charge in [-0.2, -0.15) is 0 Å². The van der Waals surface area contributed by atoms with Crippen molar-refractivity contribution in [1.29, 1.82) is 0 Å². The van der Waals surface area contributed by atoms with Crippen LogP contribution < -0.4 is 0 Å². The fourth-order valence-electron chi connectivity index (χ4n) is 1.30. The van der Waals surface area contributed by atoms with Crippen LogP contribution in [-0.2, 0) is 4.79 Å². The van der Waals surface area contributed by atoms with E-state index >= 15 is 0 Å². The topological polar surface area (TPSA) is 77.8 Å². The highest BCUT2D eigenvalue weighted by Gasteiger charge is 2.18. The van der Waals surface area contributed by atoms with Crippen LogP contribution in [0.5, 0.6) is 11.5 Å². The van der Waals surface area contributed by atoms with Crippen molar-refractivity contribution < 1.29 is 20.1 Å². The molecule has 1 unspecified atom stereocenters. The minimum Gasteiger partial charge on any atom is -0.504 e. The van der Waals surface area contributed by atoms with Crippen LogP contribution in [0.25, 0.3) is 0 Å². The summed E-state index contributed by atoms with van der Waals surface area (Å²) in [6, 6.07) is 2.79. The van der Waals surface area contributed by atoms with Crippen LogP contribution in [0.1, 0.15) is 24.0 Å². The zero-order chi connectivity index (χ0) is 10.9. The highest BCUT2D eigenvalue weighted by molar-refractivity contribution is 5.76. The van der Waals surface area contributed by atoms with Gasteiger partial charge in [0.05, 0.1) is 5.92 Å². The third kappa shape index (κ3) is 1.64. The Balaban J connectivity index is 3.24. The van der Waals surface area contributed by atoms with Crippen LogP contribution in [-0.4, -0.2) is 21.3 Å². The standard InChI is InChI=1S/C10H12O4/c1-5-7(6(2)10(13)14)3-4-8(11)9(5)12/h3-4,6,11-12H,1-2H3,(H,13,14). The summed E-state index contributed by atoms with van der Waals surface area (Å²) < 4.78 is 0. The van der Waals surface area contributed by atoms with E-state index in [-0.39, 0.29) is 11.5 Å². The minimum absolute atomic E-state index is 0.233. The Bertz CT molecular complexity index is 371. The van der Waals surface area contributed by atoms with Crippen LogP contribution in [0.4, 0.5) is 0 Å². The number of rotatable bonds is 2. The first-order valence-electron chi connectivity index (χ1n) is 4.19. The lowest BCUT2D eigenvalue weighted by Gasteiger charge is -2.12. The Morgan fingerprint density at radius 2 is 1.93 bits per heavy atom. The molecule has 0 aliphatic heterocycles. The third-order valence-electron chi connectivity index (χ3n) is 2.29. The van der Waals surface area contributed by atoms with E-state index in [2.05, 4.69) is 0 Å². The lowest BCUT2D eigenvalue weighted by atomic mass is 9.96. The fraction of sp³-hybridized carbons (Fsp3) is 0.300. The molecule has 0 saturated heterocycles. The van der Waals surface area contributed by atoms with Gasteiger partial charge in [-0.1, -0.05) is 6.07 Å². The number of benzene rings is 1. The number of hydrogen-bond acceptors (Lipinski definition) is 3. The van der Waals surface area contributed by atoms with Crippen molar-refractivity contribution in [3.63, 3.8) is 0 Å². The molecule has 0 amide bonds. The number of phenolic OH excluding ortho intramolecular Hbond substituents is 2.